The Kier molecular flexibility index (Phi) is 2.67. The lowest BCUT2D eigenvalue weighted by atomic mass is 9.80. The molecule has 1 aliphatic carbocycles. The number of aryl methyl sites for hydroxylation is 1. The van der Waals surface area contributed by atoms with E-state index in [1.54, 1.807) is 0 Å². The predicted octanol–water partition coefficient (Wildman–Crippen LogP) is 2.96. The molecule has 1 saturated carbocycles. The summed E-state index contributed by atoms with van der Waals surface area (Å²) in [5.41, 5.74) is 9.62. The molecule has 0 aromatic heterocycles. The smallest absolute Gasteiger partial charge is 0.0549 e. The lowest BCUT2D eigenvalue weighted by Crippen LogP contribution is -2.58. The minimum Gasteiger partial charge on any atom is -0.364 e. The van der Waals surface area contributed by atoms with E-state index in [2.05, 4.69) is 43.0 Å². The van der Waals surface area contributed by atoms with Crippen molar-refractivity contribution in [3.63, 3.8) is 0 Å². The van der Waals surface area contributed by atoms with Crippen LogP contribution in [0.25, 0.3) is 0 Å². The molecule has 2 aliphatic rings. The number of anilines is 1. The van der Waals surface area contributed by atoms with E-state index < -0.39 is 0 Å². The summed E-state index contributed by atoms with van der Waals surface area (Å²) in [7, 11) is 0. The van der Waals surface area contributed by atoms with Crippen LogP contribution in [-0.2, 0) is 6.42 Å². The van der Waals surface area contributed by atoms with E-state index in [1.807, 2.05) is 0 Å². The van der Waals surface area contributed by atoms with Crippen LogP contribution >= 0.6 is 0 Å². The van der Waals surface area contributed by atoms with Gasteiger partial charge in [0.2, 0.25) is 0 Å². The highest BCUT2D eigenvalue weighted by atomic mass is 15.2. The van der Waals surface area contributed by atoms with Crippen LogP contribution in [-0.4, -0.2) is 18.6 Å². The zero-order valence-corrected chi connectivity index (χ0v) is 11.6. The Labute approximate surface area is 110 Å². The molecular weight excluding hydrogens is 220 g/mol. The molecule has 1 fully saturated rings. The minimum atomic E-state index is 0.115. The molecule has 0 saturated heterocycles. The lowest BCUT2D eigenvalue weighted by Gasteiger charge is -2.49. The highest BCUT2D eigenvalue weighted by Crippen LogP contribution is 2.56. The van der Waals surface area contributed by atoms with E-state index in [0.29, 0.717) is 5.41 Å². The molecule has 1 unspecified atom stereocenters. The van der Waals surface area contributed by atoms with Crippen LogP contribution in [0.1, 0.15) is 38.7 Å². The molecule has 2 N–H and O–H groups in total. The molecule has 3 rings (SSSR count). The van der Waals surface area contributed by atoms with Crippen LogP contribution in [0.3, 0.4) is 0 Å². The average Bonchev–Trinajstić information content (AvgIpc) is 3.17. The maximum absolute atomic E-state index is 6.18. The van der Waals surface area contributed by atoms with Gasteiger partial charge in [0.15, 0.2) is 0 Å². The van der Waals surface area contributed by atoms with E-state index in [0.717, 1.165) is 13.1 Å². The fraction of sp³-hybridized carbons (Fsp3) is 0.625. The first kappa shape index (κ1) is 12.0. The van der Waals surface area contributed by atoms with Gasteiger partial charge >= 0.3 is 0 Å². The molecule has 0 amide bonds. The molecule has 1 atom stereocenters. The maximum atomic E-state index is 6.18. The largest absolute Gasteiger partial charge is 0.364 e. The quantitative estimate of drug-likeness (QED) is 0.885. The molecule has 2 heteroatoms. The summed E-state index contributed by atoms with van der Waals surface area (Å²) in [6.45, 7) is 6.66. The second-order valence-electron chi connectivity index (χ2n) is 6.42. The topological polar surface area (TPSA) is 29.3 Å². The summed E-state index contributed by atoms with van der Waals surface area (Å²) >= 11 is 0. The Balaban J connectivity index is 2.02. The van der Waals surface area contributed by atoms with E-state index in [9.17, 15) is 0 Å². The van der Waals surface area contributed by atoms with E-state index in [4.69, 9.17) is 5.73 Å². The second kappa shape index (κ2) is 3.99. The van der Waals surface area contributed by atoms with Crippen molar-refractivity contribution in [2.45, 2.75) is 45.1 Å². The molecule has 1 aliphatic heterocycles. The number of para-hydroxylation sites is 1. The Bertz CT molecular complexity index is 450. The number of hydrogen-bond acceptors (Lipinski definition) is 2. The van der Waals surface area contributed by atoms with Crippen LogP contribution in [0.2, 0.25) is 0 Å². The standard InChI is InChI=1S/C16H24N2/c1-15(9-10-15)16(2,12-17)18-11-5-7-13-6-3-4-8-14(13)18/h3-4,6,8H,5,7,9-12,17H2,1-2H3. The third-order valence-corrected chi connectivity index (χ3v) is 5.40. The number of benzene rings is 1. The molecule has 1 aromatic rings. The summed E-state index contributed by atoms with van der Waals surface area (Å²) in [6.07, 6.45) is 5.10. The van der Waals surface area contributed by atoms with Crippen LogP contribution in [0.5, 0.6) is 0 Å². The summed E-state index contributed by atoms with van der Waals surface area (Å²) in [5.74, 6) is 0. The maximum Gasteiger partial charge on any atom is 0.0549 e. The molecule has 18 heavy (non-hydrogen) atoms. The third-order valence-electron chi connectivity index (χ3n) is 5.40. The average molecular weight is 244 g/mol. The van der Waals surface area contributed by atoms with Crippen molar-refractivity contribution in [3.05, 3.63) is 29.8 Å². The highest BCUT2D eigenvalue weighted by molar-refractivity contribution is 5.58. The van der Waals surface area contributed by atoms with Gasteiger partial charge in [-0.1, -0.05) is 25.1 Å². The molecule has 0 spiro atoms. The van der Waals surface area contributed by atoms with E-state index >= 15 is 0 Å². The van der Waals surface area contributed by atoms with Crippen LogP contribution in [0.4, 0.5) is 5.69 Å². The number of hydrogen-bond donors (Lipinski definition) is 1. The monoisotopic (exact) mass is 244 g/mol. The Hall–Kier alpha value is -1.02. The van der Waals surface area contributed by atoms with Crippen molar-refractivity contribution < 1.29 is 0 Å². The minimum absolute atomic E-state index is 0.115. The number of nitrogens with zero attached hydrogens (tertiary/aromatic N) is 1. The Morgan fingerprint density at radius 1 is 1.33 bits per heavy atom. The molecule has 98 valence electrons. The molecule has 2 nitrogen and oxygen atoms in total. The lowest BCUT2D eigenvalue weighted by molar-refractivity contribution is 0.273. The van der Waals surface area contributed by atoms with Gasteiger partial charge in [0.1, 0.15) is 0 Å². The van der Waals surface area contributed by atoms with Gasteiger partial charge in [-0.15, -0.1) is 0 Å². The van der Waals surface area contributed by atoms with E-state index in [-0.39, 0.29) is 5.54 Å². The fourth-order valence-electron chi connectivity index (χ4n) is 3.45. The van der Waals surface area contributed by atoms with Gasteiger partial charge in [-0.25, -0.2) is 0 Å². The molecule has 1 aromatic carbocycles. The summed E-state index contributed by atoms with van der Waals surface area (Å²) in [5, 5.41) is 0. The van der Waals surface area contributed by atoms with Gasteiger partial charge in [0.25, 0.3) is 0 Å². The van der Waals surface area contributed by atoms with Crippen molar-refractivity contribution in [1.82, 2.24) is 0 Å². The van der Waals surface area contributed by atoms with Gasteiger partial charge < -0.3 is 10.6 Å². The first-order valence-corrected chi connectivity index (χ1v) is 7.16. The second-order valence-corrected chi connectivity index (χ2v) is 6.42. The Morgan fingerprint density at radius 2 is 2.06 bits per heavy atom. The van der Waals surface area contributed by atoms with Gasteiger partial charge in [0.05, 0.1) is 5.54 Å². The van der Waals surface area contributed by atoms with Crippen LogP contribution < -0.4 is 10.6 Å². The van der Waals surface area contributed by atoms with Crippen molar-refractivity contribution in [2.75, 3.05) is 18.0 Å². The fourth-order valence-corrected chi connectivity index (χ4v) is 3.45. The number of nitrogens with two attached hydrogens (primary N) is 1. The molecular formula is C16H24N2. The Morgan fingerprint density at radius 3 is 2.72 bits per heavy atom. The highest BCUT2D eigenvalue weighted by Gasteiger charge is 2.55. The van der Waals surface area contributed by atoms with Crippen molar-refractivity contribution in [3.8, 4) is 0 Å². The van der Waals surface area contributed by atoms with Gasteiger partial charge in [-0.3, -0.25) is 0 Å². The summed E-state index contributed by atoms with van der Waals surface area (Å²) < 4.78 is 0. The normalized spacial score (nSPS) is 24.3. The summed E-state index contributed by atoms with van der Waals surface area (Å²) in [4.78, 5) is 2.60. The van der Waals surface area contributed by atoms with Gasteiger partial charge in [-0.05, 0) is 49.7 Å². The first-order chi connectivity index (χ1) is 8.61. The van der Waals surface area contributed by atoms with Gasteiger partial charge in [0, 0.05) is 18.8 Å². The third kappa shape index (κ3) is 1.58. The molecule has 0 radical (unpaired) electrons. The SMILES string of the molecule is CC1(C(C)(CN)N2CCCc3ccccc32)CC1. The van der Waals surface area contributed by atoms with Crippen molar-refractivity contribution in [1.29, 1.82) is 0 Å². The number of rotatable bonds is 3. The first-order valence-electron chi connectivity index (χ1n) is 7.16. The van der Waals surface area contributed by atoms with Crippen LogP contribution in [0.15, 0.2) is 24.3 Å². The molecule has 0 bridgehead atoms. The van der Waals surface area contributed by atoms with Crippen LogP contribution in [0, 0.1) is 5.41 Å². The predicted molar refractivity (Wildman–Crippen MR) is 76.9 cm³/mol. The van der Waals surface area contributed by atoms with E-state index in [1.165, 1.54) is 36.9 Å². The number of fused-ring (bicyclic) bond motifs is 1. The van der Waals surface area contributed by atoms with Crippen molar-refractivity contribution >= 4 is 5.69 Å². The zero-order valence-electron chi connectivity index (χ0n) is 11.6. The zero-order chi connectivity index (χ0) is 12.8. The molecule has 1 heterocycles. The van der Waals surface area contributed by atoms with Crippen molar-refractivity contribution in [2.24, 2.45) is 11.1 Å². The van der Waals surface area contributed by atoms with Gasteiger partial charge in [-0.2, -0.15) is 0 Å². The summed E-state index contributed by atoms with van der Waals surface area (Å²) in [6, 6.07) is 8.85.